The van der Waals surface area contributed by atoms with Crippen molar-refractivity contribution in [3.05, 3.63) is 24.3 Å². The molecule has 0 unspecified atom stereocenters. The van der Waals surface area contributed by atoms with E-state index in [0.717, 1.165) is 31.9 Å². The number of benzene rings is 1. The fourth-order valence-electron chi connectivity index (χ4n) is 1.85. The quantitative estimate of drug-likeness (QED) is 0.649. The molecule has 0 atom stereocenters. The van der Waals surface area contributed by atoms with E-state index in [1.807, 2.05) is 29.2 Å². The number of rotatable bonds is 3. The molecule has 1 saturated heterocycles. The number of para-hydroxylation sites is 2. The lowest BCUT2D eigenvalue weighted by atomic mass is 10.2. The van der Waals surface area contributed by atoms with Gasteiger partial charge in [-0.05, 0) is 12.1 Å². The SMILES string of the molecule is Nc1ccccc1NCC(=O)N1CCNCC1. The Balaban J connectivity index is 1.85. The minimum absolute atomic E-state index is 0.120. The highest BCUT2D eigenvalue weighted by Crippen LogP contribution is 2.16. The Kier molecular flexibility index (Phi) is 3.82. The molecule has 0 radical (unpaired) electrons. The summed E-state index contributed by atoms with van der Waals surface area (Å²) in [4.78, 5) is 13.7. The smallest absolute Gasteiger partial charge is 0.241 e. The number of nitrogens with one attached hydrogen (secondary N) is 2. The zero-order chi connectivity index (χ0) is 12.1. The Bertz CT molecular complexity index is 388. The van der Waals surface area contributed by atoms with Crippen LogP contribution < -0.4 is 16.4 Å². The number of nitrogens with zero attached hydrogens (tertiary/aromatic N) is 1. The zero-order valence-electron chi connectivity index (χ0n) is 9.78. The summed E-state index contributed by atoms with van der Waals surface area (Å²) in [5, 5.41) is 6.29. The summed E-state index contributed by atoms with van der Waals surface area (Å²) >= 11 is 0. The minimum Gasteiger partial charge on any atom is -0.397 e. The monoisotopic (exact) mass is 234 g/mol. The molecule has 1 heterocycles. The molecule has 0 bridgehead atoms. The summed E-state index contributed by atoms with van der Waals surface area (Å²) in [6.07, 6.45) is 0. The number of anilines is 2. The number of amides is 1. The van der Waals surface area contributed by atoms with Crippen LogP contribution in [0.2, 0.25) is 0 Å². The Labute approximate surface area is 101 Å². The van der Waals surface area contributed by atoms with Crippen LogP contribution in [0.15, 0.2) is 24.3 Å². The van der Waals surface area contributed by atoms with Crippen LogP contribution in [0, 0.1) is 0 Å². The van der Waals surface area contributed by atoms with Crippen LogP contribution in [0.1, 0.15) is 0 Å². The first-order chi connectivity index (χ1) is 8.27. The molecular formula is C12H18N4O. The van der Waals surface area contributed by atoms with Crippen molar-refractivity contribution in [3.8, 4) is 0 Å². The minimum atomic E-state index is 0.120. The second kappa shape index (κ2) is 5.54. The second-order valence-electron chi connectivity index (χ2n) is 4.07. The van der Waals surface area contributed by atoms with Crippen LogP contribution in [-0.4, -0.2) is 43.5 Å². The average molecular weight is 234 g/mol. The summed E-state index contributed by atoms with van der Waals surface area (Å²) < 4.78 is 0. The summed E-state index contributed by atoms with van der Waals surface area (Å²) in [5.74, 6) is 0.120. The summed E-state index contributed by atoms with van der Waals surface area (Å²) in [6.45, 7) is 3.61. The van der Waals surface area contributed by atoms with Gasteiger partial charge in [-0.15, -0.1) is 0 Å². The Morgan fingerprint density at radius 2 is 2.06 bits per heavy atom. The van der Waals surface area contributed by atoms with E-state index in [1.165, 1.54) is 0 Å². The molecular weight excluding hydrogens is 216 g/mol. The maximum Gasteiger partial charge on any atom is 0.241 e. The number of carbonyl (C=O) groups is 1. The number of nitrogens with two attached hydrogens (primary N) is 1. The lowest BCUT2D eigenvalue weighted by Gasteiger charge is -2.27. The third kappa shape index (κ3) is 3.10. The molecule has 5 nitrogen and oxygen atoms in total. The zero-order valence-corrected chi connectivity index (χ0v) is 9.78. The van der Waals surface area contributed by atoms with Gasteiger partial charge in [0.05, 0.1) is 17.9 Å². The van der Waals surface area contributed by atoms with Gasteiger partial charge in [-0.2, -0.15) is 0 Å². The first kappa shape index (κ1) is 11.7. The van der Waals surface area contributed by atoms with Crippen molar-refractivity contribution in [2.75, 3.05) is 43.8 Å². The Hall–Kier alpha value is -1.75. The maximum absolute atomic E-state index is 11.9. The van der Waals surface area contributed by atoms with Crippen molar-refractivity contribution in [2.24, 2.45) is 0 Å². The predicted octanol–water partition coefficient (Wildman–Crippen LogP) is 0.112. The molecule has 1 aliphatic heterocycles. The van der Waals surface area contributed by atoms with E-state index in [0.29, 0.717) is 12.2 Å². The second-order valence-corrected chi connectivity index (χ2v) is 4.07. The van der Waals surface area contributed by atoms with E-state index in [9.17, 15) is 4.79 Å². The molecule has 17 heavy (non-hydrogen) atoms. The van der Waals surface area contributed by atoms with E-state index in [1.54, 1.807) is 0 Å². The van der Waals surface area contributed by atoms with Crippen LogP contribution in [0.25, 0.3) is 0 Å². The number of nitrogen functional groups attached to an aromatic ring is 1. The number of piperazine rings is 1. The van der Waals surface area contributed by atoms with Gasteiger partial charge in [-0.1, -0.05) is 12.1 Å². The van der Waals surface area contributed by atoms with Gasteiger partial charge in [0.1, 0.15) is 0 Å². The molecule has 1 aliphatic rings. The van der Waals surface area contributed by atoms with Crippen molar-refractivity contribution in [3.63, 3.8) is 0 Å². The third-order valence-corrected chi connectivity index (χ3v) is 2.86. The standard InChI is InChI=1S/C12H18N4O/c13-10-3-1-2-4-11(10)15-9-12(17)16-7-5-14-6-8-16/h1-4,14-15H,5-9,13H2. The molecule has 1 aromatic rings. The molecule has 1 fully saturated rings. The van der Waals surface area contributed by atoms with Crippen molar-refractivity contribution in [1.29, 1.82) is 0 Å². The van der Waals surface area contributed by atoms with Crippen molar-refractivity contribution in [2.45, 2.75) is 0 Å². The Morgan fingerprint density at radius 1 is 1.35 bits per heavy atom. The van der Waals surface area contributed by atoms with Gasteiger partial charge in [0.15, 0.2) is 0 Å². The van der Waals surface area contributed by atoms with Gasteiger partial charge in [0.2, 0.25) is 5.91 Å². The molecule has 0 spiro atoms. The fraction of sp³-hybridized carbons (Fsp3) is 0.417. The molecule has 2 rings (SSSR count). The van der Waals surface area contributed by atoms with Crippen molar-refractivity contribution < 1.29 is 4.79 Å². The number of hydrogen-bond donors (Lipinski definition) is 3. The lowest BCUT2D eigenvalue weighted by Crippen LogP contribution is -2.48. The summed E-state index contributed by atoms with van der Waals surface area (Å²) in [7, 11) is 0. The molecule has 1 aromatic carbocycles. The largest absolute Gasteiger partial charge is 0.397 e. The summed E-state index contributed by atoms with van der Waals surface area (Å²) in [5.41, 5.74) is 7.27. The lowest BCUT2D eigenvalue weighted by molar-refractivity contribution is -0.129. The molecule has 92 valence electrons. The van der Waals surface area contributed by atoms with Gasteiger partial charge < -0.3 is 21.3 Å². The van der Waals surface area contributed by atoms with E-state index >= 15 is 0 Å². The normalized spacial score (nSPS) is 15.6. The average Bonchev–Trinajstić information content (AvgIpc) is 2.38. The van der Waals surface area contributed by atoms with Crippen molar-refractivity contribution in [1.82, 2.24) is 10.2 Å². The molecule has 0 aromatic heterocycles. The van der Waals surface area contributed by atoms with Crippen LogP contribution in [0.3, 0.4) is 0 Å². The van der Waals surface area contributed by atoms with Crippen LogP contribution >= 0.6 is 0 Å². The van der Waals surface area contributed by atoms with Gasteiger partial charge in [0.25, 0.3) is 0 Å². The van der Waals surface area contributed by atoms with E-state index in [-0.39, 0.29) is 5.91 Å². The number of carbonyl (C=O) groups excluding carboxylic acids is 1. The van der Waals surface area contributed by atoms with Crippen LogP contribution in [0.4, 0.5) is 11.4 Å². The topological polar surface area (TPSA) is 70.4 Å². The van der Waals surface area contributed by atoms with Gasteiger partial charge >= 0.3 is 0 Å². The van der Waals surface area contributed by atoms with Crippen LogP contribution in [0.5, 0.6) is 0 Å². The van der Waals surface area contributed by atoms with E-state index in [4.69, 9.17) is 5.73 Å². The molecule has 0 saturated carbocycles. The number of hydrogen-bond acceptors (Lipinski definition) is 4. The van der Waals surface area contributed by atoms with Gasteiger partial charge in [-0.25, -0.2) is 0 Å². The van der Waals surface area contributed by atoms with Gasteiger partial charge in [-0.3, -0.25) is 4.79 Å². The molecule has 4 N–H and O–H groups in total. The first-order valence-electron chi connectivity index (χ1n) is 5.84. The summed E-state index contributed by atoms with van der Waals surface area (Å²) in [6, 6.07) is 7.46. The maximum atomic E-state index is 11.9. The van der Waals surface area contributed by atoms with Crippen molar-refractivity contribution >= 4 is 17.3 Å². The molecule has 5 heteroatoms. The molecule has 1 amide bonds. The highest BCUT2D eigenvalue weighted by atomic mass is 16.2. The highest BCUT2D eigenvalue weighted by Gasteiger charge is 2.15. The first-order valence-corrected chi connectivity index (χ1v) is 5.84. The fourth-order valence-corrected chi connectivity index (χ4v) is 1.85. The van der Waals surface area contributed by atoms with E-state index in [2.05, 4.69) is 10.6 Å². The van der Waals surface area contributed by atoms with E-state index < -0.39 is 0 Å². The highest BCUT2D eigenvalue weighted by molar-refractivity contribution is 5.82. The van der Waals surface area contributed by atoms with Crippen LogP contribution in [-0.2, 0) is 4.79 Å². The predicted molar refractivity (Wildman–Crippen MR) is 68.8 cm³/mol. The van der Waals surface area contributed by atoms with Gasteiger partial charge in [0, 0.05) is 26.2 Å². The Morgan fingerprint density at radius 3 is 2.76 bits per heavy atom. The molecule has 0 aliphatic carbocycles. The third-order valence-electron chi connectivity index (χ3n) is 2.86.